The zero-order chi connectivity index (χ0) is 17.6. The zero-order valence-electron chi connectivity index (χ0n) is 14.8. The number of rotatable bonds is 8. The molecular formula is C18H27ClN4O2. The van der Waals surface area contributed by atoms with E-state index in [9.17, 15) is 9.59 Å². The minimum atomic E-state index is -0.313. The smallest absolute Gasteiger partial charge is 0.258 e. The van der Waals surface area contributed by atoms with Gasteiger partial charge < -0.3 is 16.0 Å². The number of H-pyrrole nitrogens is 1. The molecule has 1 amide bonds. The van der Waals surface area contributed by atoms with Gasteiger partial charge in [-0.25, -0.2) is 4.98 Å². The van der Waals surface area contributed by atoms with E-state index in [0.717, 1.165) is 12.8 Å². The number of nitrogens with zero attached hydrogens (tertiary/aromatic N) is 1. The van der Waals surface area contributed by atoms with Gasteiger partial charge in [-0.2, -0.15) is 0 Å². The Morgan fingerprint density at radius 3 is 2.60 bits per heavy atom. The molecule has 0 radical (unpaired) electrons. The quantitative estimate of drug-likeness (QED) is 0.667. The highest BCUT2D eigenvalue weighted by atomic mass is 35.5. The standard InChI is InChI=1S/C18H26N4O2.ClH/c1-3-18(4-2,12-19)22-16(23)11-7-10-15-20-14-9-6-5-8-13(14)17(24)21-15;/h5-6,8-9H,3-4,7,10-12,19H2,1-2H3,(H,22,23)(H,20,21,24);1H. The SMILES string of the molecule is CCC(CC)(CN)NC(=O)CCCc1nc2ccccc2c(=O)[nH]1.Cl. The molecule has 2 aromatic rings. The number of fused-ring (bicyclic) bond motifs is 1. The number of aryl methyl sites for hydroxylation is 1. The lowest BCUT2D eigenvalue weighted by Gasteiger charge is -2.31. The molecule has 0 fully saturated rings. The molecule has 0 saturated heterocycles. The molecule has 0 spiro atoms. The number of nitrogens with one attached hydrogen (secondary N) is 2. The first-order valence-electron chi connectivity index (χ1n) is 8.52. The van der Waals surface area contributed by atoms with E-state index in [-0.39, 0.29) is 29.4 Å². The molecule has 1 aromatic heterocycles. The van der Waals surface area contributed by atoms with E-state index in [1.807, 2.05) is 32.0 Å². The molecule has 1 aromatic carbocycles. The molecule has 0 atom stereocenters. The van der Waals surface area contributed by atoms with Crippen molar-refractivity contribution in [3.63, 3.8) is 0 Å². The summed E-state index contributed by atoms with van der Waals surface area (Å²) in [7, 11) is 0. The van der Waals surface area contributed by atoms with Gasteiger partial charge in [0.15, 0.2) is 0 Å². The summed E-state index contributed by atoms with van der Waals surface area (Å²) in [5, 5.41) is 3.63. The van der Waals surface area contributed by atoms with E-state index in [1.165, 1.54) is 0 Å². The lowest BCUT2D eigenvalue weighted by molar-refractivity contribution is -0.123. The second-order valence-electron chi connectivity index (χ2n) is 6.12. The van der Waals surface area contributed by atoms with Crippen molar-refractivity contribution in [2.75, 3.05) is 6.54 Å². The second kappa shape index (κ2) is 9.53. The van der Waals surface area contributed by atoms with Crippen LogP contribution in [0.1, 0.15) is 45.4 Å². The first-order chi connectivity index (χ1) is 11.5. The third-order valence-corrected chi connectivity index (χ3v) is 4.63. The van der Waals surface area contributed by atoms with Gasteiger partial charge in [0.25, 0.3) is 5.56 Å². The summed E-state index contributed by atoms with van der Waals surface area (Å²) in [5.41, 5.74) is 6.03. The summed E-state index contributed by atoms with van der Waals surface area (Å²) >= 11 is 0. The van der Waals surface area contributed by atoms with Crippen LogP contribution in [0.25, 0.3) is 10.9 Å². The summed E-state index contributed by atoms with van der Waals surface area (Å²) < 4.78 is 0. The number of carbonyl (C=O) groups is 1. The molecular weight excluding hydrogens is 340 g/mol. The van der Waals surface area contributed by atoms with Gasteiger partial charge in [0.1, 0.15) is 5.82 Å². The highest BCUT2D eigenvalue weighted by Crippen LogP contribution is 2.14. The van der Waals surface area contributed by atoms with Gasteiger partial charge >= 0.3 is 0 Å². The Morgan fingerprint density at radius 2 is 1.96 bits per heavy atom. The Kier molecular flexibility index (Phi) is 8.06. The number of para-hydroxylation sites is 1. The van der Waals surface area contributed by atoms with Gasteiger partial charge in [-0.3, -0.25) is 9.59 Å². The number of nitrogens with two attached hydrogens (primary N) is 1. The van der Waals surface area contributed by atoms with Crippen molar-refractivity contribution >= 4 is 29.2 Å². The molecule has 25 heavy (non-hydrogen) atoms. The Morgan fingerprint density at radius 1 is 1.28 bits per heavy atom. The third kappa shape index (κ3) is 5.28. The molecule has 0 aliphatic carbocycles. The van der Waals surface area contributed by atoms with Gasteiger partial charge in [-0.05, 0) is 31.4 Å². The summed E-state index contributed by atoms with van der Waals surface area (Å²) in [6.07, 6.45) is 3.19. The number of halogens is 1. The van der Waals surface area contributed by atoms with Crippen LogP contribution in [-0.2, 0) is 11.2 Å². The number of hydrogen-bond donors (Lipinski definition) is 3. The highest BCUT2D eigenvalue weighted by molar-refractivity contribution is 5.85. The molecule has 0 saturated carbocycles. The van der Waals surface area contributed by atoms with Crippen LogP contribution in [0.15, 0.2) is 29.1 Å². The predicted octanol–water partition coefficient (Wildman–Crippen LogP) is 2.30. The van der Waals surface area contributed by atoms with Crippen molar-refractivity contribution in [1.82, 2.24) is 15.3 Å². The van der Waals surface area contributed by atoms with Gasteiger partial charge in [-0.1, -0.05) is 26.0 Å². The Labute approximate surface area is 154 Å². The van der Waals surface area contributed by atoms with E-state index in [1.54, 1.807) is 6.07 Å². The number of amides is 1. The lowest BCUT2D eigenvalue weighted by atomic mass is 9.92. The van der Waals surface area contributed by atoms with Crippen LogP contribution < -0.4 is 16.6 Å². The normalized spacial score (nSPS) is 11.2. The molecule has 2 rings (SSSR count). The van der Waals surface area contributed by atoms with Crippen LogP contribution in [0, 0.1) is 0 Å². The van der Waals surface area contributed by atoms with E-state index in [0.29, 0.717) is 42.5 Å². The summed E-state index contributed by atoms with van der Waals surface area (Å²) in [4.78, 5) is 31.4. The molecule has 0 unspecified atom stereocenters. The summed E-state index contributed by atoms with van der Waals surface area (Å²) in [6.45, 7) is 4.49. The van der Waals surface area contributed by atoms with Crippen molar-refractivity contribution in [3.8, 4) is 0 Å². The van der Waals surface area contributed by atoms with Gasteiger partial charge in [0.05, 0.1) is 16.4 Å². The summed E-state index contributed by atoms with van der Waals surface area (Å²) in [5.74, 6) is 0.606. The van der Waals surface area contributed by atoms with Crippen molar-refractivity contribution in [2.24, 2.45) is 5.73 Å². The zero-order valence-corrected chi connectivity index (χ0v) is 15.6. The van der Waals surface area contributed by atoms with E-state index < -0.39 is 0 Å². The molecule has 0 aliphatic rings. The van der Waals surface area contributed by atoms with E-state index in [2.05, 4.69) is 15.3 Å². The molecule has 0 aliphatic heterocycles. The van der Waals surface area contributed by atoms with Crippen LogP contribution >= 0.6 is 12.4 Å². The maximum absolute atomic E-state index is 12.1. The van der Waals surface area contributed by atoms with E-state index in [4.69, 9.17) is 5.73 Å². The van der Waals surface area contributed by atoms with Crippen LogP contribution in [-0.4, -0.2) is 28.0 Å². The summed E-state index contributed by atoms with van der Waals surface area (Å²) in [6, 6.07) is 7.24. The van der Waals surface area contributed by atoms with Crippen molar-refractivity contribution in [1.29, 1.82) is 0 Å². The monoisotopic (exact) mass is 366 g/mol. The first-order valence-corrected chi connectivity index (χ1v) is 8.52. The van der Waals surface area contributed by atoms with E-state index >= 15 is 0 Å². The van der Waals surface area contributed by atoms with Crippen LogP contribution in [0.2, 0.25) is 0 Å². The number of aromatic nitrogens is 2. The van der Waals surface area contributed by atoms with Crippen LogP contribution in [0.4, 0.5) is 0 Å². The fourth-order valence-corrected chi connectivity index (χ4v) is 2.79. The van der Waals surface area contributed by atoms with Gasteiger partial charge in [0.2, 0.25) is 5.91 Å². The average Bonchev–Trinajstić information content (AvgIpc) is 2.60. The third-order valence-electron chi connectivity index (χ3n) is 4.63. The average molecular weight is 367 g/mol. The Balaban J connectivity index is 0.00000312. The van der Waals surface area contributed by atoms with Gasteiger partial charge in [-0.15, -0.1) is 12.4 Å². The van der Waals surface area contributed by atoms with Crippen molar-refractivity contribution < 1.29 is 4.79 Å². The molecule has 4 N–H and O–H groups in total. The maximum Gasteiger partial charge on any atom is 0.258 e. The van der Waals surface area contributed by atoms with Crippen molar-refractivity contribution in [3.05, 3.63) is 40.4 Å². The largest absolute Gasteiger partial charge is 0.349 e. The van der Waals surface area contributed by atoms with Crippen LogP contribution in [0.3, 0.4) is 0 Å². The molecule has 6 nitrogen and oxygen atoms in total. The molecule has 1 heterocycles. The number of carbonyl (C=O) groups excluding carboxylic acids is 1. The first kappa shape index (κ1) is 21.1. The molecule has 138 valence electrons. The van der Waals surface area contributed by atoms with Crippen molar-refractivity contribution in [2.45, 2.75) is 51.5 Å². The minimum absolute atomic E-state index is 0. The Hall–Kier alpha value is -1.92. The fourth-order valence-electron chi connectivity index (χ4n) is 2.79. The number of benzene rings is 1. The highest BCUT2D eigenvalue weighted by Gasteiger charge is 2.25. The van der Waals surface area contributed by atoms with Crippen LogP contribution in [0.5, 0.6) is 0 Å². The maximum atomic E-state index is 12.1. The molecule has 7 heteroatoms. The lowest BCUT2D eigenvalue weighted by Crippen LogP contribution is -2.52. The molecule has 0 bridgehead atoms. The fraction of sp³-hybridized carbons (Fsp3) is 0.500. The minimum Gasteiger partial charge on any atom is -0.349 e. The number of hydrogen-bond acceptors (Lipinski definition) is 4. The second-order valence-corrected chi connectivity index (χ2v) is 6.12. The number of aromatic amines is 1. The van der Waals surface area contributed by atoms with Gasteiger partial charge in [0, 0.05) is 19.4 Å². The predicted molar refractivity (Wildman–Crippen MR) is 103 cm³/mol. The topological polar surface area (TPSA) is 101 Å². The Bertz CT molecular complexity index is 748.